The van der Waals surface area contributed by atoms with E-state index >= 15 is 0 Å². The molecule has 2 aromatic rings. The van der Waals surface area contributed by atoms with Crippen molar-refractivity contribution in [3.05, 3.63) is 48.2 Å². The van der Waals surface area contributed by atoms with Crippen molar-refractivity contribution in [3.63, 3.8) is 0 Å². The standard InChI is InChI=1S/C16H19NO3/c1-2-12-19-15-4-3-10-17-16(15)20-14-7-5-13(6-8-14)9-11-18/h3-8,10,18H,2,9,11-12H2,1H3. The molecule has 1 N–H and O–H groups in total. The zero-order valence-corrected chi connectivity index (χ0v) is 11.6. The van der Waals surface area contributed by atoms with E-state index in [2.05, 4.69) is 11.9 Å². The van der Waals surface area contributed by atoms with Crippen molar-refractivity contribution in [1.82, 2.24) is 4.98 Å². The van der Waals surface area contributed by atoms with Crippen molar-refractivity contribution in [2.24, 2.45) is 0 Å². The number of nitrogens with zero attached hydrogens (tertiary/aromatic N) is 1. The Kier molecular flexibility index (Phi) is 5.38. The molecule has 0 spiro atoms. The molecule has 4 heteroatoms. The van der Waals surface area contributed by atoms with Gasteiger partial charge in [-0.2, -0.15) is 0 Å². The Bertz CT molecular complexity index is 526. The van der Waals surface area contributed by atoms with E-state index in [1.54, 1.807) is 6.20 Å². The maximum absolute atomic E-state index is 8.89. The second-order valence-electron chi connectivity index (χ2n) is 4.37. The molecule has 0 saturated carbocycles. The zero-order valence-electron chi connectivity index (χ0n) is 11.6. The van der Waals surface area contributed by atoms with E-state index in [1.165, 1.54) is 0 Å². The Morgan fingerprint density at radius 3 is 2.65 bits per heavy atom. The highest BCUT2D eigenvalue weighted by Gasteiger charge is 2.07. The second kappa shape index (κ2) is 7.50. The van der Waals surface area contributed by atoms with Crippen LogP contribution in [0.1, 0.15) is 18.9 Å². The van der Waals surface area contributed by atoms with E-state index in [-0.39, 0.29) is 6.61 Å². The van der Waals surface area contributed by atoms with Gasteiger partial charge >= 0.3 is 0 Å². The van der Waals surface area contributed by atoms with Gasteiger partial charge in [-0.05, 0) is 42.7 Å². The van der Waals surface area contributed by atoms with Gasteiger partial charge in [0, 0.05) is 12.8 Å². The monoisotopic (exact) mass is 273 g/mol. The van der Waals surface area contributed by atoms with Crippen molar-refractivity contribution >= 4 is 0 Å². The third-order valence-electron chi connectivity index (χ3n) is 2.74. The summed E-state index contributed by atoms with van der Waals surface area (Å²) in [6, 6.07) is 11.3. The van der Waals surface area contributed by atoms with Gasteiger partial charge in [-0.1, -0.05) is 19.1 Å². The number of hydrogen-bond donors (Lipinski definition) is 1. The molecule has 0 saturated heterocycles. The van der Waals surface area contributed by atoms with Crippen molar-refractivity contribution in [1.29, 1.82) is 0 Å². The van der Waals surface area contributed by atoms with Crippen LogP contribution in [0.5, 0.6) is 17.4 Å². The number of aliphatic hydroxyl groups is 1. The number of benzene rings is 1. The Hall–Kier alpha value is -2.07. The average molecular weight is 273 g/mol. The minimum Gasteiger partial charge on any atom is -0.488 e. The van der Waals surface area contributed by atoms with E-state index in [0.29, 0.717) is 30.4 Å². The Labute approximate surface area is 119 Å². The van der Waals surface area contributed by atoms with Crippen molar-refractivity contribution in [2.75, 3.05) is 13.2 Å². The van der Waals surface area contributed by atoms with Gasteiger partial charge in [0.2, 0.25) is 0 Å². The smallest absolute Gasteiger partial charge is 0.262 e. The van der Waals surface area contributed by atoms with Crippen LogP contribution >= 0.6 is 0 Å². The summed E-state index contributed by atoms with van der Waals surface area (Å²) in [5.41, 5.74) is 1.07. The molecular weight excluding hydrogens is 254 g/mol. The quantitative estimate of drug-likeness (QED) is 0.841. The molecule has 4 nitrogen and oxygen atoms in total. The van der Waals surface area contributed by atoms with Crippen molar-refractivity contribution < 1.29 is 14.6 Å². The van der Waals surface area contributed by atoms with Crippen LogP contribution < -0.4 is 9.47 Å². The maximum Gasteiger partial charge on any atom is 0.262 e. The first-order valence-electron chi connectivity index (χ1n) is 6.79. The summed E-state index contributed by atoms with van der Waals surface area (Å²) < 4.78 is 11.3. The summed E-state index contributed by atoms with van der Waals surface area (Å²) >= 11 is 0. The first kappa shape index (κ1) is 14.3. The van der Waals surface area contributed by atoms with Gasteiger partial charge in [-0.3, -0.25) is 0 Å². The van der Waals surface area contributed by atoms with Crippen LogP contribution in [0, 0.1) is 0 Å². The second-order valence-corrected chi connectivity index (χ2v) is 4.37. The highest BCUT2D eigenvalue weighted by molar-refractivity contribution is 5.37. The number of aromatic nitrogens is 1. The molecule has 0 radical (unpaired) electrons. The molecule has 0 unspecified atom stereocenters. The summed E-state index contributed by atoms with van der Waals surface area (Å²) in [5, 5.41) is 8.89. The highest BCUT2D eigenvalue weighted by Crippen LogP contribution is 2.29. The van der Waals surface area contributed by atoms with Gasteiger partial charge in [0.1, 0.15) is 5.75 Å². The van der Waals surface area contributed by atoms with Crippen LogP contribution in [0.15, 0.2) is 42.6 Å². The summed E-state index contributed by atoms with van der Waals surface area (Å²) in [6.07, 6.45) is 3.26. The van der Waals surface area contributed by atoms with Gasteiger partial charge in [0.05, 0.1) is 6.61 Å². The molecule has 20 heavy (non-hydrogen) atoms. The predicted octanol–water partition coefficient (Wildman–Crippen LogP) is 3.20. The van der Waals surface area contributed by atoms with Gasteiger partial charge in [-0.25, -0.2) is 4.98 Å². The lowest BCUT2D eigenvalue weighted by Gasteiger charge is -2.10. The average Bonchev–Trinajstić information content (AvgIpc) is 2.49. The molecule has 2 rings (SSSR count). The molecule has 106 valence electrons. The van der Waals surface area contributed by atoms with Crippen LogP contribution in [-0.2, 0) is 6.42 Å². The largest absolute Gasteiger partial charge is 0.488 e. The normalized spacial score (nSPS) is 10.3. The molecule has 0 aliphatic carbocycles. The summed E-state index contributed by atoms with van der Waals surface area (Å²) in [5.74, 6) is 1.82. The number of aliphatic hydroxyl groups excluding tert-OH is 1. The molecule has 0 atom stereocenters. The lowest BCUT2D eigenvalue weighted by Crippen LogP contribution is -1.98. The molecule has 0 aliphatic rings. The number of pyridine rings is 1. The lowest BCUT2D eigenvalue weighted by molar-refractivity contribution is 0.297. The maximum atomic E-state index is 8.89. The summed E-state index contributed by atoms with van der Waals surface area (Å²) in [6.45, 7) is 2.84. The molecule has 1 aromatic carbocycles. The fraction of sp³-hybridized carbons (Fsp3) is 0.312. The lowest BCUT2D eigenvalue weighted by atomic mass is 10.1. The molecule has 0 bridgehead atoms. The SMILES string of the molecule is CCCOc1cccnc1Oc1ccc(CCO)cc1. The summed E-state index contributed by atoms with van der Waals surface area (Å²) in [4.78, 5) is 4.20. The number of ether oxygens (including phenoxy) is 2. The minimum atomic E-state index is 0.148. The van der Waals surface area contributed by atoms with Gasteiger partial charge in [0.15, 0.2) is 5.75 Å². The molecule has 0 aliphatic heterocycles. The van der Waals surface area contributed by atoms with Crippen LogP contribution in [0.2, 0.25) is 0 Å². The van der Waals surface area contributed by atoms with Gasteiger partial charge in [-0.15, -0.1) is 0 Å². The van der Waals surface area contributed by atoms with Gasteiger partial charge < -0.3 is 14.6 Å². The van der Waals surface area contributed by atoms with E-state index in [4.69, 9.17) is 14.6 Å². The topological polar surface area (TPSA) is 51.6 Å². The molecule has 1 aromatic heterocycles. The molecule has 1 heterocycles. The Balaban J connectivity index is 2.08. The third kappa shape index (κ3) is 3.96. The Morgan fingerprint density at radius 2 is 1.95 bits per heavy atom. The molecule has 0 fully saturated rings. The van der Waals surface area contributed by atoms with Crippen LogP contribution in [0.3, 0.4) is 0 Å². The number of hydrogen-bond acceptors (Lipinski definition) is 4. The van der Waals surface area contributed by atoms with Crippen molar-refractivity contribution in [2.45, 2.75) is 19.8 Å². The van der Waals surface area contributed by atoms with Crippen molar-refractivity contribution in [3.8, 4) is 17.4 Å². The van der Waals surface area contributed by atoms with Crippen LogP contribution in [0.25, 0.3) is 0 Å². The molecular formula is C16H19NO3. The number of rotatable bonds is 7. The molecule has 0 amide bonds. The van der Waals surface area contributed by atoms with Crippen LogP contribution in [-0.4, -0.2) is 23.3 Å². The Morgan fingerprint density at radius 1 is 1.15 bits per heavy atom. The fourth-order valence-corrected chi connectivity index (χ4v) is 1.74. The highest BCUT2D eigenvalue weighted by atomic mass is 16.5. The van der Waals surface area contributed by atoms with E-state index in [1.807, 2.05) is 36.4 Å². The van der Waals surface area contributed by atoms with Crippen LogP contribution in [0.4, 0.5) is 0 Å². The summed E-state index contributed by atoms with van der Waals surface area (Å²) in [7, 11) is 0. The van der Waals surface area contributed by atoms with E-state index in [9.17, 15) is 0 Å². The predicted molar refractivity (Wildman–Crippen MR) is 77.3 cm³/mol. The zero-order chi connectivity index (χ0) is 14.2. The van der Waals surface area contributed by atoms with E-state index in [0.717, 1.165) is 12.0 Å². The first-order chi connectivity index (χ1) is 9.83. The minimum absolute atomic E-state index is 0.148. The van der Waals surface area contributed by atoms with Gasteiger partial charge in [0.25, 0.3) is 5.88 Å². The fourth-order valence-electron chi connectivity index (χ4n) is 1.74. The third-order valence-corrected chi connectivity index (χ3v) is 2.74. The van der Waals surface area contributed by atoms with E-state index < -0.39 is 0 Å². The first-order valence-corrected chi connectivity index (χ1v) is 6.79.